The zero-order valence-corrected chi connectivity index (χ0v) is 13.3. The molecule has 1 aromatic heterocycles. The molecule has 118 valence electrons. The Bertz CT molecular complexity index is 744. The van der Waals surface area contributed by atoms with Gasteiger partial charge in [-0.05, 0) is 35.2 Å². The lowest BCUT2D eigenvalue weighted by Gasteiger charge is -2.05. The summed E-state index contributed by atoms with van der Waals surface area (Å²) >= 11 is 1.59. The number of hydrogen-bond acceptors (Lipinski definition) is 6. The van der Waals surface area contributed by atoms with Crippen molar-refractivity contribution in [2.24, 2.45) is 0 Å². The van der Waals surface area contributed by atoms with Crippen LogP contribution in [-0.4, -0.2) is 24.8 Å². The molecule has 23 heavy (non-hydrogen) atoms. The highest BCUT2D eigenvalue weighted by molar-refractivity contribution is 7.09. The Morgan fingerprint density at radius 3 is 2.87 bits per heavy atom. The van der Waals surface area contributed by atoms with E-state index in [1.807, 2.05) is 23.6 Å². The fourth-order valence-corrected chi connectivity index (χ4v) is 2.57. The largest absolute Gasteiger partial charge is 0.504 e. The fraction of sp³-hybridized carbons (Fsp3) is 0.176. The van der Waals surface area contributed by atoms with Crippen LogP contribution in [0.3, 0.4) is 0 Å². The molecule has 0 unspecified atom stereocenters. The molecule has 0 aliphatic rings. The van der Waals surface area contributed by atoms with E-state index in [-0.39, 0.29) is 17.9 Å². The summed E-state index contributed by atoms with van der Waals surface area (Å²) in [6, 6.07) is 10.3. The van der Waals surface area contributed by atoms with Crippen molar-refractivity contribution in [1.82, 2.24) is 0 Å². The maximum Gasteiger partial charge on any atom is 0.348 e. The molecule has 0 radical (unpaired) electrons. The minimum absolute atomic E-state index is 0.0652. The molecule has 0 saturated heterocycles. The van der Waals surface area contributed by atoms with Crippen LogP contribution in [0, 0.1) is 11.3 Å². The van der Waals surface area contributed by atoms with Gasteiger partial charge in [0.1, 0.15) is 11.6 Å². The Morgan fingerprint density at radius 1 is 1.43 bits per heavy atom. The smallest absolute Gasteiger partial charge is 0.348 e. The third-order valence-electron chi connectivity index (χ3n) is 3.02. The van der Waals surface area contributed by atoms with E-state index in [4.69, 9.17) is 14.7 Å². The zero-order chi connectivity index (χ0) is 16.7. The van der Waals surface area contributed by atoms with Gasteiger partial charge in [-0.2, -0.15) is 5.26 Å². The van der Waals surface area contributed by atoms with Crippen LogP contribution >= 0.6 is 11.3 Å². The topological polar surface area (TPSA) is 79.5 Å². The molecule has 2 rings (SSSR count). The third-order valence-corrected chi connectivity index (χ3v) is 3.95. The van der Waals surface area contributed by atoms with Gasteiger partial charge < -0.3 is 14.6 Å². The molecule has 1 N–H and O–H groups in total. The molecule has 0 aliphatic heterocycles. The van der Waals surface area contributed by atoms with Crippen LogP contribution in [0.25, 0.3) is 6.08 Å². The standard InChI is InChI=1S/C17H15NO4S/c1-21-16-5-4-12(10-15(16)19)9-13(11-18)17(20)22-7-6-14-3-2-8-23-14/h2-5,8-10,19H,6-7H2,1H3/b13-9+. The van der Waals surface area contributed by atoms with Crippen molar-refractivity contribution >= 4 is 23.4 Å². The Balaban J connectivity index is 2.01. The number of nitrogens with zero attached hydrogens (tertiary/aromatic N) is 1. The summed E-state index contributed by atoms with van der Waals surface area (Å²) in [6.07, 6.45) is 1.98. The Kier molecular flexibility index (Phi) is 5.78. The molecule has 6 heteroatoms. The molecule has 0 fully saturated rings. The van der Waals surface area contributed by atoms with Gasteiger partial charge in [-0.1, -0.05) is 12.1 Å². The SMILES string of the molecule is COc1ccc(/C=C(\C#N)C(=O)OCCc2cccs2)cc1O. The first-order valence-corrected chi connectivity index (χ1v) is 7.70. The number of hydrogen-bond donors (Lipinski definition) is 1. The molecule has 0 spiro atoms. The van der Waals surface area contributed by atoms with Crippen molar-refractivity contribution < 1.29 is 19.4 Å². The maximum atomic E-state index is 11.9. The lowest BCUT2D eigenvalue weighted by Crippen LogP contribution is -2.09. The van der Waals surface area contributed by atoms with Crippen molar-refractivity contribution in [3.63, 3.8) is 0 Å². The average molecular weight is 329 g/mol. The second kappa shape index (κ2) is 8.01. The second-order valence-corrected chi connectivity index (χ2v) is 5.60. The minimum Gasteiger partial charge on any atom is -0.504 e. The van der Waals surface area contributed by atoms with Crippen molar-refractivity contribution in [2.45, 2.75) is 6.42 Å². The summed E-state index contributed by atoms with van der Waals surface area (Å²) < 4.78 is 10.0. The summed E-state index contributed by atoms with van der Waals surface area (Å²) in [5.41, 5.74) is 0.385. The number of methoxy groups -OCH3 is 1. The number of ether oxygens (including phenoxy) is 2. The van der Waals surface area contributed by atoms with E-state index < -0.39 is 5.97 Å². The third kappa shape index (κ3) is 4.59. The Morgan fingerprint density at radius 2 is 2.26 bits per heavy atom. The van der Waals surface area contributed by atoms with Crippen molar-refractivity contribution in [2.75, 3.05) is 13.7 Å². The predicted molar refractivity (Wildman–Crippen MR) is 87.2 cm³/mol. The number of phenolic OH excluding ortho intramolecular Hbond substituents is 1. The molecule has 5 nitrogen and oxygen atoms in total. The summed E-state index contributed by atoms with van der Waals surface area (Å²) in [5.74, 6) is -0.428. The molecule has 0 bridgehead atoms. The van der Waals surface area contributed by atoms with Crippen LogP contribution in [0.2, 0.25) is 0 Å². The highest BCUT2D eigenvalue weighted by Crippen LogP contribution is 2.27. The van der Waals surface area contributed by atoms with Crippen LogP contribution in [-0.2, 0) is 16.0 Å². The number of carbonyl (C=O) groups excluding carboxylic acids is 1. The van der Waals surface area contributed by atoms with Gasteiger partial charge in [0.2, 0.25) is 0 Å². The number of thiophene rings is 1. The molecule has 0 aliphatic carbocycles. The minimum atomic E-state index is -0.681. The number of nitriles is 1. The van der Waals surface area contributed by atoms with Gasteiger partial charge in [0.05, 0.1) is 13.7 Å². The number of carbonyl (C=O) groups is 1. The van der Waals surface area contributed by atoms with Gasteiger partial charge in [-0.3, -0.25) is 0 Å². The van der Waals surface area contributed by atoms with Gasteiger partial charge in [-0.15, -0.1) is 11.3 Å². The van der Waals surface area contributed by atoms with Crippen LogP contribution in [0.4, 0.5) is 0 Å². The van der Waals surface area contributed by atoms with E-state index in [0.717, 1.165) is 4.88 Å². The number of benzene rings is 1. The van der Waals surface area contributed by atoms with Gasteiger partial charge in [0.25, 0.3) is 0 Å². The molecule has 2 aromatic rings. The monoisotopic (exact) mass is 329 g/mol. The van der Waals surface area contributed by atoms with Crippen LogP contribution in [0.15, 0.2) is 41.3 Å². The molecule has 0 atom stereocenters. The molecule has 0 saturated carbocycles. The molecule has 1 heterocycles. The molecule has 0 amide bonds. The van der Waals surface area contributed by atoms with Crippen LogP contribution in [0.5, 0.6) is 11.5 Å². The van der Waals surface area contributed by atoms with Gasteiger partial charge >= 0.3 is 5.97 Å². The quantitative estimate of drug-likeness (QED) is 0.500. The number of rotatable bonds is 6. The molecular weight excluding hydrogens is 314 g/mol. The first kappa shape index (κ1) is 16.6. The lowest BCUT2D eigenvalue weighted by molar-refractivity contribution is -0.138. The number of phenols is 1. The highest BCUT2D eigenvalue weighted by Gasteiger charge is 2.11. The first-order valence-electron chi connectivity index (χ1n) is 6.82. The van der Waals surface area contributed by atoms with E-state index in [9.17, 15) is 9.90 Å². The zero-order valence-electron chi connectivity index (χ0n) is 12.5. The Labute approximate surface area is 138 Å². The number of aromatic hydroxyl groups is 1. The summed E-state index contributed by atoms with van der Waals surface area (Å²) in [6.45, 7) is 0.215. The molecule has 1 aromatic carbocycles. The van der Waals surface area contributed by atoms with Crippen molar-refractivity contribution in [3.05, 3.63) is 51.7 Å². The van der Waals surface area contributed by atoms with Crippen molar-refractivity contribution in [3.8, 4) is 17.6 Å². The van der Waals surface area contributed by atoms with Crippen molar-refractivity contribution in [1.29, 1.82) is 5.26 Å². The maximum absolute atomic E-state index is 11.9. The highest BCUT2D eigenvalue weighted by atomic mass is 32.1. The normalized spacial score (nSPS) is 10.9. The lowest BCUT2D eigenvalue weighted by atomic mass is 10.1. The summed E-state index contributed by atoms with van der Waals surface area (Å²) in [5, 5.41) is 20.8. The van der Waals surface area contributed by atoms with E-state index in [1.54, 1.807) is 23.5 Å². The van der Waals surface area contributed by atoms with E-state index in [0.29, 0.717) is 17.7 Å². The van der Waals surface area contributed by atoms with Gasteiger partial charge in [-0.25, -0.2) is 4.79 Å². The predicted octanol–water partition coefficient (Wildman–Crippen LogP) is 3.16. The summed E-state index contributed by atoms with van der Waals surface area (Å²) in [7, 11) is 1.44. The van der Waals surface area contributed by atoms with E-state index >= 15 is 0 Å². The average Bonchev–Trinajstić information content (AvgIpc) is 3.06. The van der Waals surface area contributed by atoms with Gasteiger partial charge in [0.15, 0.2) is 11.5 Å². The van der Waals surface area contributed by atoms with Crippen LogP contribution in [0.1, 0.15) is 10.4 Å². The summed E-state index contributed by atoms with van der Waals surface area (Å²) in [4.78, 5) is 13.0. The Hall–Kier alpha value is -2.78. The first-order chi connectivity index (χ1) is 11.1. The molecular formula is C17H15NO4S. The second-order valence-electron chi connectivity index (χ2n) is 4.57. The van der Waals surface area contributed by atoms with E-state index in [1.165, 1.54) is 19.3 Å². The van der Waals surface area contributed by atoms with Gasteiger partial charge in [0, 0.05) is 11.3 Å². The number of esters is 1. The van der Waals surface area contributed by atoms with Crippen LogP contribution < -0.4 is 4.74 Å². The van der Waals surface area contributed by atoms with E-state index in [2.05, 4.69) is 0 Å². The fourth-order valence-electron chi connectivity index (χ4n) is 1.88.